The minimum absolute atomic E-state index is 0.149. The summed E-state index contributed by atoms with van der Waals surface area (Å²) in [6, 6.07) is 5.03. The highest BCUT2D eigenvalue weighted by molar-refractivity contribution is 9.10. The first-order chi connectivity index (χ1) is 9.60. The second-order valence-electron chi connectivity index (χ2n) is 5.59. The molecule has 0 amide bonds. The van der Waals surface area contributed by atoms with E-state index in [1.165, 1.54) is 32.1 Å². The van der Waals surface area contributed by atoms with Gasteiger partial charge in [-0.05, 0) is 36.8 Å². The van der Waals surface area contributed by atoms with Crippen molar-refractivity contribution in [1.29, 1.82) is 0 Å². The summed E-state index contributed by atoms with van der Waals surface area (Å²) in [5, 5.41) is 14.3. The molecular weight excluding hydrogens is 320 g/mol. The van der Waals surface area contributed by atoms with Crippen LogP contribution in [-0.4, -0.2) is 11.5 Å². The van der Waals surface area contributed by atoms with Crippen molar-refractivity contribution in [3.8, 4) is 0 Å². The number of hydrogen-bond donors (Lipinski definition) is 1. The molecule has 0 radical (unpaired) electrons. The molecule has 1 saturated carbocycles. The third-order valence-electron chi connectivity index (χ3n) is 4.28. The van der Waals surface area contributed by atoms with E-state index in [0.29, 0.717) is 11.6 Å². The fourth-order valence-electron chi connectivity index (χ4n) is 2.91. The number of rotatable bonds is 5. The van der Waals surface area contributed by atoms with Gasteiger partial charge in [0.25, 0.3) is 5.69 Å². The molecule has 1 aliphatic carbocycles. The quantitative estimate of drug-likeness (QED) is 0.607. The van der Waals surface area contributed by atoms with Crippen molar-refractivity contribution in [1.82, 2.24) is 0 Å². The molecule has 0 unspecified atom stereocenters. The predicted octanol–water partition coefficient (Wildman–Crippen LogP) is 4.99. The van der Waals surface area contributed by atoms with E-state index in [2.05, 4.69) is 28.2 Å². The van der Waals surface area contributed by atoms with E-state index in [1.807, 2.05) is 0 Å². The van der Waals surface area contributed by atoms with Crippen molar-refractivity contribution in [2.45, 2.75) is 39.0 Å². The van der Waals surface area contributed by atoms with E-state index >= 15 is 0 Å². The largest absolute Gasteiger partial charge is 0.379 e. The smallest absolute Gasteiger partial charge is 0.292 e. The summed E-state index contributed by atoms with van der Waals surface area (Å²) < 4.78 is 0.861. The lowest BCUT2D eigenvalue weighted by atomic mass is 9.81. The Morgan fingerprint density at radius 3 is 2.55 bits per heavy atom. The Labute approximate surface area is 128 Å². The molecule has 5 heteroatoms. The van der Waals surface area contributed by atoms with Crippen LogP contribution >= 0.6 is 15.9 Å². The molecule has 4 nitrogen and oxygen atoms in total. The lowest BCUT2D eigenvalue weighted by molar-refractivity contribution is -0.384. The van der Waals surface area contributed by atoms with Gasteiger partial charge in [-0.2, -0.15) is 0 Å². The normalized spacial score (nSPS) is 22.5. The average Bonchev–Trinajstić information content (AvgIpc) is 2.45. The van der Waals surface area contributed by atoms with E-state index < -0.39 is 0 Å². The van der Waals surface area contributed by atoms with Crippen LogP contribution in [-0.2, 0) is 0 Å². The van der Waals surface area contributed by atoms with Crippen LogP contribution in [0.2, 0.25) is 0 Å². The standard InChI is InChI=1S/C15H21BrN2O2/c1-2-11-3-5-12(6-4-11)10-17-14-9-13(16)7-8-15(14)18(19)20/h7-9,11-12,17H,2-6,10H2,1H3. The van der Waals surface area contributed by atoms with Gasteiger partial charge in [-0.15, -0.1) is 0 Å². The number of benzene rings is 1. The fourth-order valence-corrected chi connectivity index (χ4v) is 3.27. The average molecular weight is 341 g/mol. The van der Waals surface area contributed by atoms with Gasteiger partial charge in [-0.1, -0.05) is 42.1 Å². The first-order valence-corrected chi connectivity index (χ1v) is 8.07. The molecule has 110 valence electrons. The van der Waals surface area contributed by atoms with Crippen molar-refractivity contribution in [2.75, 3.05) is 11.9 Å². The van der Waals surface area contributed by atoms with Crippen molar-refractivity contribution < 1.29 is 4.92 Å². The summed E-state index contributed by atoms with van der Waals surface area (Å²) in [6.45, 7) is 3.09. The van der Waals surface area contributed by atoms with E-state index in [1.54, 1.807) is 18.2 Å². The Bertz CT molecular complexity index is 471. The van der Waals surface area contributed by atoms with Gasteiger partial charge >= 0.3 is 0 Å². The van der Waals surface area contributed by atoms with Gasteiger partial charge in [0.05, 0.1) is 4.92 Å². The fraction of sp³-hybridized carbons (Fsp3) is 0.600. The Kier molecular flexibility index (Phi) is 5.40. The van der Waals surface area contributed by atoms with Gasteiger partial charge in [0.1, 0.15) is 5.69 Å². The van der Waals surface area contributed by atoms with Crippen LogP contribution in [0.5, 0.6) is 0 Å². The van der Waals surface area contributed by atoms with E-state index in [9.17, 15) is 10.1 Å². The second kappa shape index (κ2) is 7.07. The summed E-state index contributed by atoms with van der Waals surface area (Å²) in [5.41, 5.74) is 0.762. The third kappa shape index (κ3) is 3.95. The van der Waals surface area contributed by atoms with Crippen LogP contribution in [0.1, 0.15) is 39.0 Å². The first-order valence-electron chi connectivity index (χ1n) is 7.28. The number of nitrogens with one attached hydrogen (secondary N) is 1. The van der Waals surface area contributed by atoms with Crippen molar-refractivity contribution in [2.24, 2.45) is 11.8 Å². The topological polar surface area (TPSA) is 55.2 Å². The van der Waals surface area contributed by atoms with Gasteiger partial charge in [-0.3, -0.25) is 10.1 Å². The molecule has 0 aromatic heterocycles. The molecule has 0 atom stereocenters. The minimum atomic E-state index is -0.331. The number of nitrogens with zero attached hydrogens (tertiary/aromatic N) is 1. The zero-order valence-corrected chi connectivity index (χ0v) is 13.4. The lowest BCUT2D eigenvalue weighted by Crippen LogP contribution is -2.21. The maximum atomic E-state index is 11.0. The summed E-state index contributed by atoms with van der Waals surface area (Å²) in [6.07, 6.45) is 6.32. The molecule has 0 aliphatic heterocycles. The van der Waals surface area contributed by atoms with Crippen LogP contribution in [0.25, 0.3) is 0 Å². The van der Waals surface area contributed by atoms with Gasteiger partial charge in [0.2, 0.25) is 0 Å². The lowest BCUT2D eigenvalue weighted by Gasteiger charge is -2.28. The minimum Gasteiger partial charge on any atom is -0.379 e. The third-order valence-corrected chi connectivity index (χ3v) is 4.77. The summed E-state index contributed by atoms with van der Waals surface area (Å²) in [4.78, 5) is 10.7. The molecule has 0 bridgehead atoms. The van der Waals surface area contributed by atoms with Gasteiger partial charge in [0.15, 0.2) is 0 Å². The number of nitro groups is 1. The Morgan fingerprint density at radius 1 is 1.30 bits per heavy atom. The number of halogens is 1. The number of anilines is 1. The Hall–Kier alpha value is -1.10. The number of hydrogen-bond acceptors (Lipinski definition) is 3. The molecule has 0 heterocycles. The molecular formula is C15H21BrN2O2. The highest BCUT2D eigenvalue weighted by Crippen LogP contribution is 2.32. The van der Waals surface area contributed by atoms with Crippen LogP contribution < -0.4 is 5.32 Å². The van der Waals surface area contributed by atoms with Gasteiger partial charge in [-0.25, -0.2) is 0 Å². The van der Waals surface area contributed by atoms with Crippen LogP contribution in [0.4, 0.5) is 11.4 Å². The van der Waals surface area contributed by atoms with E-state index in [-0.39, 0.29) is 10.6 Å². The molecule has 20 heavy (non-hydrogen) atoms. The highest BCUT2D eigenvalue weighted by atomic mass is 79.9. The first kappa shape index (κ1) is 15.3. The van der Waals surface area contributed by atoms with Gasteiger partial charge in [0, 0.05) is 17.1 Å². The van der Waals surface area contributed by atoms with Crippen LogP contribution in [0.3, 0.4) is 0 Å². The maximum absolute atomic E-state index is 11.0. The van der Waals surface area contributed by atoms with Crippen molar-refractivity contribution in [3.63, 3.8) is 0 Å². The van der Waals surface area contributed by atoms with Gasteiger partial charge < -0.3 is 5.32 Å². The molecule has 1 N–H and O–H groups in total. The highest BCUT2D eigenvalue weighted by Gasteiger charge is 2.21. The van der Waals surface area contributed by atoms with E-state index in [4.69, 9.17) is 0 Å². The molecule has 2 rings (SSSR count). The zero-order chi connectivity index (χ0) is 14.5. The Morgan fingerprint density at radius 2 is 1.95 bits per heavy atom. The molecule has 0 spiro atoms. The summed E-state index contributed by atoms with van der Waals surface area (Å²) in [7, 11) is 0. The molecule has 1 fully saturated rings. The molecule has 1 aliphatic rings. The van der Waals surface area contributed by atoms with Crippen molar-refractivity contribution >= 4 is 27.3 Å². The predicted molar refractivity (Wildman–Crippen MR) is 85.0 cm³/mol. The zero-order valence-electron chi connectivity index (χ0n) is 11.8. The molecule has 0 saturated heterocycles. The van der Waals surface area contributed by atoms with E-state index in [0.717, 1.165) is 16.9 Å². The SMILES string of the molecule is CCC1CCC(CNc2cc(Br)ccc2[N+](=O)[O-])CC1. The van der Waals surface area contributed by atoms with Crippen LogP contribution in [0, 0.1) is 22.0 Å². The Balaban J connectivity index is 1.94. The monoisotopic (exact) mass is 340 g/mol. The van der Waals surface area contributed by atoms with Crippen LogP contribution in [0.15, 0.2) is 22.7 Å². The van der Waals surface area contributed by atoms with Crippen molar-refractivity contribution in [3.05, 3.63) is 32.8 Å². The summed E-state index contributed by atoms with van der Waals surface area (Å²) in [5.74, 6) is 1.52. The molecule has 1 aromatic rings. The number of nitro benzene ring substituents is 1. The second-order valence-corrected chi connectivity index (χ2v) is 6.51. The maximum Gasteiger partial charge on any atom is 0.292 e. The summed E-state index contributed by atoms with van der Waals surface area (Å²) >= 11 is 3.37. The molecule has 1 aromatic carbocycles.